The van der Waals surface area contributed by atoms with Crippen molar-refractivity contribution < 1.29 is 26.7 Å². The van der Waals surface area contributed by atoms with Crippen LogP contribution in [0.3, 0.4) is 0 Å². The predicted molar refractivity (Wildman–Crippen MR) is 115 cm³/mol. The Balaban J connectivity index is 1.67. The van der Waals surface area contributed by atoms with E-state index in [2.05, 4.69) is 11.7 Å². The van der Waals surface area contributed by atoms with Crippen molar-refractivity contribution in [2.45, 2.75) is 83.7 Å². The van der Waals surface area contributed by atoms with Crippen LogP contribution >= 0.6 is 0 Å². The molecule has 0 radical (unpaired) electrons. The highest BCUT2D eigenvalue weighted by Gasteiger charge is 2.39. The van der Waals surface area contributed by atoms with Crippen molar-refractivity contribution in [3.8, 4) is 5.75 Å². The first-order valence-electron chi connectivity index (χ1n) is 11.6. The normalized spacial score (nSPS) is 19.2. The molecule has 0 spiro atoms. The molecule has 176 valence electrons. The van der Waals surface area contributed by atoms with Crippen molar-refractivity contribution >= 4 is 0 Å². The predicted octanol–water partition coefficient (Wildman–Crippen LogP) is 8.65. The van der Waals surface area contributed by atoms with Gasteiger partial charge in [0.15, 0.2) is 11.6 Å². The summed E-state index contributed by atoms with van der Waals surface area (Å²) < 4.78 is 76.5. The molecule has 3 rings (SSSR count). The third-order valence-electron chi connectivity index (χ3n) is 6.58. The van der Waals surface area contributed by atoms with Gasteiger partial charge in [-0.2, -0.15) is 8.78 Å². The van der Waals surface area contributed by atoms with E-state index in [4.69, 9.17) is 0 Å². The van der Waals surface area contributed by atoms with E-state index in [0.717, 1.165) is 43.9 Å². The van der Waals surface area contributed by atoms with Crippen LogP contribution < -0.4 is 4.74 Å². The molecule has 6 heteroatoms. The van der Waals surface area contributed by atoms with Crippen molar-refractivity contribution in [3.63, 3.8) is 0 Å². The third kappa shape index (κ3) is 5.62. The van der Waals surface area contributed by atoms with Gasteiger partial charge in [-0.25, -0.2) is 13.2 Å². The van der Waals surface area contributed by atoms with Crippen molar-refractivity contribution in [3.05, 3.63) is 64.5 Å². The van der Waals surface area contributed by atoms with Crippen LogP contribution in [0.5, 0.6) is 5.75 Å². The maximum absolute atomic E-state index is 14.7. The summed E-state index contributed by atoms with van der Waals surface area (Å²) in [5.41, 5.74) is -0.715. The molecule has 0 bridgehead atoms. The Bertz CT molecular complexity index is 903. The maximum atomic E-state index is 14.7. The Morgan fingerprint density at radius 2 is 1.62 bits per heavy atom. The summed E-state index contributed by atoms with van der Waals surface area (Å²) in [5.74, 6) is -3.27. The smallest absolute Gasteiger partial charge is 0.429 e. The highest BCUT2D eigenvalue weighted by molar-refractivity contribution is 5.34. The van der Waals surface area contributed by atoms with E-state index in [-0.39, 0.29) is 17.9 Å². The van der Waals surface area contributed by atoms with Gasteiger partial charge in [-0.1, -0.05) is 51.7 Å². The van der Waals surface area contributed by atoms with Crippen LogP contribution in [-0.2, 0) is 12.5 Å². The second-order valence-corrected chi connectivity index (χ2v) is 8.77. The van der Waals surface area contributed by atoms with Gasteiger partial charge in [0, 0.05) is 6.07 Å². The minimum absolute atomic E-state index is 0.00229. The highest BCUT2D eigenvalue weighted by Crippen LogP contribution is 2.40. The molecule has 32 heavy (non-hydrogen) atoms. The monoisotopic (exact) mass is 454 g/mol. The first-order chi connectivity index (χ1) is 15.3. The number of alkyl halides is 2. The zero-order valence-corrected chi connectivity index (χ0v) is 18.7. The number of hydrogen-bond acceptors (Lipinski definition) is 1. The third-order valence-corrected chi connectivity index (χ3v) is 6.58. The zero-order chi connectivity index (χ0) is 23.3. The minimum Gasteiger partial charge on any atom is -0.429 e. The van der Waals surface area contributed by atoms with Crippen molar-refractivity contribution in [1.82, 2.24) is 0 Å². The Labute approximate surface area is 187 Å². The van der Waals surface area contributed by atoms with Crippen LogP contribution in [-0.4, -0.2) is 0 Å². The Kier molecular flexibility index (Phi) is 8.18. The fourth-order valence-electron chi connectivity index (χ4n) is 4.64. The molecule has 1 aliphatic carbocycles. The lowest BCUT2D eigenvalue weighted by molar-refractivity contribution is -0.187. The molecule has 1 aliphatic rings. The number of benzene rings is 2. The average molecular weight is 455 g/mol. The van der Waals surface area contributed by atoms with E-state index in [9.17, 15) is 22.0 Å². The van der Waals surface area contributed by atoms with E-state index >= 15 is 0 Å². The van der Waals surface area contributed by atoms with Crippen LogP contribution in [0.25, 0.3) is 0 Å². The van der Waals surface area contributed by atoms with Crippen LogP contribution in [0, 0.1) is 23.4 Å². The van der Waals surface area contributed by atoms with E-state index in [1.54, 1.807) is 6.92 Å². The van der Waals surface area contributed by atoms with Gasteiger partial charge in [0.1, 0.15) is 17.1 Å². The van der Waals surface area contributed by atoms with Gasteiger partial charge in [0.05, 0.1) is 0 Å². The molecule has 1 fully saturated rings. The Morgan fingerprint density at radius 1 is 0.906 bits per heavy atom. The lowest BCUT2D eigenvalue weighted by Gasteiger charge is -2.29. The molecule has 0 aromatic heterocycles. The topological polar surface area (TPSA) is 9.23 Å². The highest BCUT2D eigenvalue weighted by atomic mass is 19.3. The number of unbranched alkanes of at least 4 members (excludes halogenated alkanes) is 2. The Morgan fingerprint density at radius 3 is 2.25 bits per heavy atom. The molecule has 1 saturated carbocycles. The second-order valence-electron chi connectivity index (χ2n) is 8.77. The van der Waals surface area contributed by atoms with E-state index in [0.29, 0.717) is 11.5 Å². The molecule has 0 amide bonds. The van der Waals surface area contributed by atoms with Gasteiger partial charge in [0.25, 0.3) is 0 Å². The van der Waals surface area contributed by atoms with Gasteiger partial charge in [-0.3, -0.25) is 0 Å². The minimum atomic E-state index is -4.14. The molecular formula is C26H31F5O. The average Bonchev–Trinajstić information content (AvgIpc) is 2.76. The van der Waals surface area contributed by atoms with Gasteiger partial charge in [-0.05, 0) is 67.2 Å². The van der Waals surface area contributed by atoms with Crippen LogP contribution in [0.4, 0.5) is 22.0 Å². The van der Waals surface area contributed by atoms with Crippen LogP contribution in [0.2, 0.25) is 0 Å². The van der Waals surface area contributed by atoms with E-state index in [1.807, 2.05) is 0 Å². The number of rotatable bonds is 9. The summed E-state index contributed by atoms with van der Waals surface area (Å²) in [6.07, 6.45) is 4.74. The number of halogens is 5. The Hall–Kier alpha value is -2.11. The van der Waals surface area contributed by atoms with Gasteiger partial charge in [-0.15, -0.1) is 0 Å². The van der Waals surface area contributed by atoms with Crippen molar-refractivity contribution in [2.24, 2.45) is 5.92 Å². The van der Waals surface area contributed by atoms with Crippen molar-refractivity contribution in [2.75, 3.05) is 0 Å². The molecule has 0 heterocycles. The maximum Gasteiger partial charge on any atom is 0.429 e. The van der Waals surface area contributed by atoms with Crippen LogP contribution in [0.15, 0.2) is 30.3 Å². The molecule has 2 aromatic rings. The number of aryl methyl sites for hydroxylation is 1. The summed E-state index contributed by atoms with van der Waals surface area (Å²) in [6, 6.07) is 5.56. The van der Waals surface area contributed by atoms with Crippen molar-refractivity contribution in [1.29, 1.82) is 0 Å². The molecule has 1 nitrogen and oxygen atoms in total. The van der Waals surface area contributed by atoms with E-state index < -0.39 is 34.9 Å². The summed E-state index contributed by atoms with van der Waals surface area (Å²) in [5, 5.41) is 0. The molecule has 0 saturated heterocycles. The summed E-state index contributed by atoms with van der Waals surface area (Å²) >= 11 is 0. The SMILES string of the molecule is CCCCCC1CCC(c2ccc(OC(F)(F)c3ccc(CC)c(F)c3F)cc2F)CC1. The molecular weight excluding hydrogens is 423 g/mol. The summed E-state index contributed by atoms with van der Waals surface area (Å²) in [4.78, 5) is 0. The fraction of sp³-hybridized carbons (Fsp3) is 0.538. The van der Waals surface area contributed by atoms with Gasteiger partial charge in [0.2, 0.25) is 0 Å². The largest absolute Gasteiger partial charge is 0.429 e. The van der Waals surface area contributed by atoms with Crippen LogP contribution in [0.1, 0.15) is 87.8 Å². The van der Waals surface area contributed by atoms with Gasteiger partial charge < -0.3 is 4.74 Å². The molecule has 0 aliphatic heterocycles. The summed E-state index contributed by atoms with van der Waals surface area (Å²) in [6.45, 7) is 3.77. The fourth-order valence-corrected chi connectivity index (χ4v) is 4.64. The summed E-state index contributed by atoms with van der Waals surface area (Å²) in [7, 11) is 0. The molecule has 0 unspecified atom stereocenters. The first-order valence-corrected chi connectivity index (χ1v) is 11.6. The van der Waals surface area contributed by atoms with E-state index in [1.165, 1.54) is 37.8 Å². The molecule has 0 atom stereocenters. The number of ether oxygens (including phenoxy) is 1. The number of hydrogen-bond donors (Lipinski definition) is 0. The lowest BCUT2D eigenvalue weighted by Crippen LogP contribution is -2.24. The lowest BCUT2D eigenvalue weighted by atomic mass is 9.77. The second kappa shape index (κ2) is 10.7. The first kappa shape index (κ1) is 24.5. The molecule has 0 N–H and O–H groups in total. The van der Waals surface area contributed by atoms with Gasteiger partial charge >= 0.3 is 6.11 Å². The molecule has 2 aromatic carbocycles. The quantitative estimate of drug-likeness (QED) is 0.272. The standard InChI is InChI=1S/C26H31F5O/c1-3-5-6-7-17-8-10-19(11-9-17)21-14-13-20(16-23(21)27)32-26(30,31)22-15-12-18(4-2)24(28)25(22)29/h12-17,19H,3-11H2,1-2H3. The zero-order valence-electron chi connectivity index (χ0n) is 18.7.